The Labute approximate surface area is 56.8 Å². The minimum absolute atomic E-state index is 0.315. The predicted octanol–water partition coefficient (Wildman–Crippen LogP) is -1.39. The zero-order chi connectivity index (χ0) is 7.11. The van der Waals surface area contributed by atoms with Gasteiger partial charge in [-0.2, -0.15) is 0 Å². The van der Waals surface area contributed by atoms with Crippen LogP contribution in [-0.4, -0.2) is 41.9 Å². The molecule has 0 aliphatic heterocycles. The van der Waals surface area contributed by atoms with Crippen LogP contribution in [0.2, 0.25) is 0 Å². The average molecular weight is 152 g/mol. The van der Waals surface area contributed by atoms with E-state index in [1.807, 2.05) is 0 Å². The molecule has 0 atom stereocenters. The van der Waals surface area contributed by atoms with Crippen molar-refractivity contribution in [1.29, 1.82) is 0 Å². The topological polar surface area (TPSA) is 47.9 Å². The van der Waals surface area contributed by atoms with Gasteiger partial charge in [0.25, 0.3) is 0 Å². The van der Waals surface area contributed by atoms with Crippen LogP contribution in [0.5, 0.6) is 0 Å². The second-order valence-corrected chi connectivity index (χ2v) is 2.07. The fraction of sp³-hybridized carbons (Fsp3) is 1.00. The summed E-state index contributed by atoms with van der Waals surface area (Å²) in [6.07, 6.45) is -0.343. The van der Waals surface area contributed by atoms with Crippen molar-refractivity contribution >= 4 is 10.0 Å². The largest absolute Gasteiger partial charge is 0.415 e. The van der Waals surface area contributed by atoms with E-state index in [1.165, 1.54) is 14.2 Å². The smallest absolute Gasteiger partial charge is 0.301 e. The quantitative estimate of drug-likeness (QED) is 0.389. The van der Waals surface area contributed by atoms with Crippen molar-refractivity contribution in [3.8, 4) is 0 Å². The summed E-state index contributed by atoms with van der Waals surface area (Å²) in [4.78, 5) is 8.31. The van der Waals surface area contributed by atoms with Gasteiger partial charge < -0.3 is 18.7 Å². The van der Waals surface area contributed by atoms with Crippen LogP contribution < -0.4 is 0 Å². The van der Waals surface area contributed by atoms with E-state index in [0.717, 1.165) is 0 Å². The Hall–Kier alpha value is 0.0569. The summed E-state index contributed by atoms with van der Waals surface area (Å²) >= 11 is 0. The summed E-state index contributed by atoms with van der Waals surface area (Å²) in [5.74, 6) is 0. The molecule has 0 aliphatic carbocycles. The molecule has 0 aromatic rings. The van der Waals surface area contributed by atoms with Crippen molar-refractivity contribution in [3.63, 3.8) is 0 Å². The first kappa shape index (κ1) is 9.06. The zero-order valence-electron chi connectivity index (χ0n) is 5.66. The third-order valence-electron chi connectivity index (χ3n) is 0.871. The molecule has 0 aliphatic rings. The molecule has 0 spiro atoms. The van der Waals surface area contributed by atoms with Crippen LogP contribution in [0.25, 0.3) is 0 Å². The molecule has 0 radical (unpaired) electrons. The Kier molecular flexibility index (Phi) is 6.22. The van der Waals surface area contributed by atoms with Crippen LogP contribution in [0.15, 0.2) is 0 Å². The molecule has 0 saturated heterocycles. The maximum absolute atomic E-state index is 8.31. The second kappa shape index (κ2) is 6.18. The predicted molar refractivity (Wildman–Crippen MR) is 34.5 cm³/mol. The Bertz CT molecular complexity index is 56.5. The highest BCUT2D eigenvalue weighted by Crippen LogP contribution is 1.89. The van der Waals surface area contributed by atoms with Crippen molar-refractivity contribution in [2.45, 2.75) is 6.29 Å². The molecule has 56 valence electrons. The van der Waals surface area contributed by atoms with Crippen LogP contribution in [0.1, 0.15) is 0 Å². The number of hydrogen-bond acceptors (Lipinski definition) is 4. The van der Waals surface area contributed by atoms with E-state index < -0.39 is 10.0 Å². The van der Waals surface area contributed by atoms with Crippen molar-refractivity contribution in [2.24, 2.45) is 0 Å². The molecular weight excluding hydrogens is 140 g/mol. The fourth-order valence-corrected chi connectivity index (χ4v) is 0.679. The van der Waals surface area contributed by atoms with E-state index in [4.69, 9.17) is 18.7 Å². The van der Waals surface area contributed by atoms with E-state index in [1.54, 1.807) is 0 Å². The molecule has 4 nitrogen and oxygen atoms in total. The van der Waals surface area contributed by atoms with Gasteiger partial charge in [-0.25, -0.2) is 0 Å². The van der Waals surface area contributed by atoms with Gasteiger partial charge in [0.05, 0.1) is 6.61 Å². The van der Waals surface area contributed by atoms with Gasteiger partial charge in [-0.05, 0) is 0 Å². The molecule has 0 aromatic heterocycles. The van der Waals surface area contributed by atoms with E-state index >= 15 is 0 Å². The zero-order valence-corrected chi connectivity index (χ0v) is 7.08. The van der Waals surface area contributed by atoms with Crippen molar-refractivity contribution in [1.82, 2.24) is 0 Å². The van der Waals surface area contributed by atoms with E-state index in [9.17, 15) is 0 Å². The second-order valence-electron chi connectivity index (χ2n) is 1.40. The third-order valence-corrected chi connectivity index (χ3v) is 1.29. The Balaban J connectivity index is 3.09. The number of hydrogen-bond donors (Lipinski definition) is 1. The molecule has 9 heavy (non-hydrogen) atoms. The Morgan fingerprint density at radius 3 is 2.33 bits per heavy atom. The lowest BCUT2D eigenvalue weighted by molar-refractivity contribution is -0.123. The van der Waals surface area contributed by atoms with Crippen molar-refractivity contribution in [2.75, 3.05) is 20.8 Å². The first-order valence-electron chi connectivity index (χ1n) is 2.59. The molecule has 0 amide bonds. The monoisotopic (exact) mass is 152 g/mol. The molecule has 0 rings (SSSR count). The lowest BCUT2D eigenvalue weighted by Crippen LogP contribution is -2.21. The summed E-state index contributed by atoms with van der Waals surface area (Å²) in [6.45, 7) is 0.315. The minimum atomic E-state index is -1.31. The Morgan fingerprint density at radius 2 is 2.00 bits per heavy atom. The van der Waals surface area contributed by atoms with Crippen LogP contribution in [-0.2, 0) is 13.9 Å². The fourth-order valence-electron chi connectivity index (χ4n) is 0.381. The highest BCUT2D eigenvalue weighted by molar-refractivity contribution is 6.15. The van der Waals surface area contributed by atoms with Gasteiger partial charge in [0.15, 0.2) is 6.29 Å². The van der Waals surface area contributed by atoms with Gasteiger partial charge >= 0.3 is 10.0 Å². The van der Waals surface area contributed by atoms with Gasteiger partial charge in [-0.1, -0.05) is 0 Å². The first-order chi connectivity index (χ1) is 4.35. The summed E-state index contributed by atoms with van der Waals surface area (Å²) in [5.41, 5.74) is 0. The molecule has 0 fully saturated rings. The van der Waals surface area contributed by atoms with Crippen molar-refractivity contribution < 1.29 is 18.7 Å². The maximum Gasteiger partial charge on any atom is 0.301 e. The SMILES string of the molecule is COC(CO[SiH2]O)OC. The van der Waals surface area contributed by atoms with Crippen LogP contribution >= 0.6 is 0 Å². The lowest BCUT2D eigenvalue weighted by atomic mass is 10.7. The standard InChI is InChI=1S/C4H12O4Si/c1-6-4(7-2)3-8-9-5/h4-5H,3,9H2,1-2H3. The normalized spacial score (nSPS) is 12.0. The van der Waals surface area contributed by atoms with E-state index in [-0.39, 0.29) is 6.29 Å². The Morgan fingerprint density at radius 1 is 1.44 bits per heavy atom. The van der Waals surface area contributed by atoms with E-state index in [0.29, 0.717) is 6.61 Å². The number of ether oxygens (including phenoxy) is 2. The van der Waals surface area contributed by atoms with Crippen LogP contribution in [0.4, 0.5) is 0 Å². The number of rotatable bonds is 5. The summed E-state index contributed by atoms with van der Waals surface area (Å²) in [5, 5.41) is 0. The molecule has 0 saturated carbocycles. The minimum Gasteiger partial charge on any atom is -0.415 e. The molecule has 0 heterocycles. The van der Waals surface area contributed by atoms with Gasteiger partial charge in [-0.3, -0.25) is 0 Å². The maximum atomic E-state index is 8.31. The number of methoxy groups -OCH3 is 2. The van der Waals surface area contributed by atoms with Gasteiger partial charge in [0.1, 0.15) is 0 Å². The van der Waals surface area contributed by atoms with Crippen LogP contribution in [0.3, 0.4) is 0 Å². The van der Waals surface area contributed by atoms with Crippen LogP contribution in [0, 0.1) is 0 Å². The third kappa shape index (κ3) is 4.55. The van der Waals surface area contributed by atoms with Crippen molar-refractivity contribution in [3.05, 3.63) is 0 Å². The molecule has 0 bridgehead atoms. The van der Waals surface area contributed by atoms with Gasteiger partial charge in [0.2, 0.25) is 0 Å². The first-order valence-corrected chi connectivity index (χ1v) is 3.80. The lowest BCUT2D eigenvalue weighted by Gasteiger charge is -2.11. The molecule has 0 aromatic carbocycles. The molecule has 0 unspecified atom stereocenters. The highest BCUT2D eigenvalue weighted by Gasteiger charge is 2.02. The summed E-state index contributed by atoms with van der Waals surface area (Å²) < 4.78 is 14.3. The summed E-state index contributed by atoms with van der Waals surface area (Å²) in [7, 11) is 1.74. The summed E-state index contributed by atoms with van der Waals surface area (Å²) in [6, 6.07) is 0. The molecule has 1 N–H and O–H groups in total. The average Bonchev–Trinajstić information content (AvgIpc) is 1.91. The molecular formula is C4H12O4Si. The van der Waals surface area contributed by atoms with Gasteiger partial charge in [-0.15, -0.1) is 0 Å². The highest BCUT2D eigenvalue weighted by atomic mass is 28.2. The van der Waals surface area contributed by atoms with E-state index in [2.05, 4.69) is 0 Å². The molecule has 5 heteroatoms. The van der Waals surface area contributed by atoms with Gasteiger partial charge in [0, 0.05) is 14.2 Å².